The zero-order valence-corrected chi connectivity index (χ0v) is 21.8. The number of ketones is 1. The second-order valence-corrected chi connectivity index (χ2v) is 9.30. The number of aromatic nitrogens is 3. The van der Waals surface area contributed by atoms with Crippen molar-refractivity contribution in [2.75, 3.05) is 7.11 Å². The van der Waals surface area contributed by atoms with E-state index < -0.39 is 53.2 Å². The summed E-state index contributed by atoms with van der Waals surface area (Å²) in [7, 11) is 2.89. The Bertz CT molecular complexity index is 1870. The van der Waals surface area contributed by atoms with Gasteiger partial charge in [-0.05, 0) is 36.4 Å². The molecule has 14 heteroatoms. The highest BCUT2D eigenvalue weighted by atomic mass is 19.4. The molecule has 1 amide bonds. The number of amides is 1. The van der Waals surface area contributed by atoms with Crippen molar-refractivity contribution in [3.05, 3.63) is 94.3 Å². The van der Waals surface area contributed by atoms with Crippen LogP contribution in [0, 0.1) is 17.5 Å². The van der Waals surface area contributed by atoms with E-state index in [1.807, 2.05) is 0 Å². The van der Waals surface area contributed by atoms with E-state index in [1.165, 1.54) is 53.6 Å². The highest BCUT2D eigenvalue weighted by Crippen LogP contribution is 2.44. The maximum Gasteiger partial charge on any atom is 0.417 e. The lowest BCUT2D eigenvalue weighted by Crippen LogP contribution is -2.22. The Morgan fingerprint density at radius 1 is 1.05 bits per heavy atom. The number of carboxylic acid groups (broad SMARTS) is 1. The first-order valence-electron chi connectivity index (χ1n) is 12.2. The largest absolute Gasteiger partial charge is 0.465 e. The summed E-state index contributed by atoms with van der Waals surface area (Å²) in [4.78, 5) is 29.0. The lowest BCUT2D eigenvalue weighted by atomic mass is 9.92. The van der Waals surface area contributed by atoms with Crippen LogP contribution in [0.5, 0.6) is 0 Å². The van der Waals surface area contributed by atoms with Crippen LogP contribution >= 0.6 is 0 Å². The Balaban J connectivity index is 1.80. The highest BCUT2D eigenvalue weighted by Gasteiger charge is 2.37. The second kappa shape index (κ2) is 10.5. The standard InChI is InChI=1S/C28H20F6N4O4/c1-37-21-10-16(28(32,33)34)23(15(11-35-27(40)41)25(21)36-22(37)12-42-2)14-4-3-7-38-19(14)5-6-20(38)26(39)13-8-17(29)24(31)18(30)9-13/h3-10,35H,11-12H2,1-2H3,(H,40,41). The number of nitrogens with one attached hydrogen (secondary N) is 1. The fraction of sp³-hybridized carbons (Fsp3) is 0.179. The number of pyridine rings is 1. The van der Waals surface area contributed by atoms with E-state index in [4.69, 9.17) is 4.74 Å². The van der Waals surface area contributed by atoms with Crippen LogP contribution < -0.4 is 5.32 Å². The first-order chi connectivity index (χ1) is 19.8. The summed E-state index contributed by atoms with van der Waals surface area (Å²) in [5, 5.41) is 11.4. The Labute approximate surface area is 232 Å². The fourth-order valence-electron chi connectivity index (χ4n) is 4.93. The van der Waals surface area contributed by atoms with Gasteiger partial charge in [-0.3, -0.25) is 4.79 Å². The average molecular weight is 590 g/mol. The SMILES string of the molecule is COCc1nc2c(CNC(=O)O)c(-c3cccn4c(C(=O)c5cc(F)c(F)c(F)c5)ccc34)c(C(F)(F)F)cc2n1C. The molecule has 0 saturated carbocycles. The predicted octanol–water partition coefficient (Wildman–Crippen LogP) is 6.07. The quantitative estimate of drug-likeness (QED) is 0.136. The van der Waals surface area contributed by atoms with E-state index in [2.05, 4.69) is 10.3 Å². The zero-order valence-electron chi connectivity index (χ0n) is 21.8. The van der Waals surface area contributed by atoms with Gasteiger partial charge in [0.25, 0.3) is 0 Å². The first kappa shape index (κ1) is 28.7. The maximum atomic E-state index is 14.6. The molecule has 0 radical (unpaired) electrons. The van der Waals surface area contributed by atoms with Gasteiger partial charge in [0.15, 0.2) is 17.5 Å². The smallest absolute Gasteiger partial charge is 0.417 e. The molecule has 0 fully saturated rings. The summed E-state index contributed by atoms with van der Waals surface area (Å²) < 4.78 is 92.8. The Morgan fingerprint density at radius 2 is 1.74 bits per heavy atom. The molecule has 5 rings (SSSR count). The van der Waals surface area contributed by atoms with Crippen LogP contribution in [-0.2, 0) is 31.1 Å². The highest BCUT2D eigenvalue weighted by molar-refractivity contribution is 6.09. The van der Waals surface area contributed by atoms with Crippen LogP contribution in [0.3, 0.4) is 0 Å². The Kier molecular flexibility index (Phi) is 7.18. The minimum absolute atomic E-state index is 0.0247. The number of halogens is 6. The number of hydrogen-bond donors (Lipinski definition) is 2. The number of benzene rings is 2. The summed E-state index contributed by atoms with van der Waals surface area (Å²) in [6.45, 7) is -0.575. The number of alkyl halides is 3. The summed E-state index contributed by atoms with van der Waals surface area (Å²) in [5.74, 6) is -5.54. The number of carbonyl (C=O) groups is 2. The molecule has 218 valence electrons. The van der Waals surface area contributed by atoms with Crippen molar-refractivity contribution in [1.82, 2.24) is 19.3 Å². The number of ether oxygens (including phenoxy) is 1. The number of carbonyl (C=O) groups excluding carboxylic acids is 1. The number of fused-ring (bicyclic) bond motifs is 2. The fourth-order valence-corrected chi connectivity index (χ4v) is 4.93. The van der Waals surface area contributed by atoms with Gasteiger partial charge in [0, 0.05) is 49.2 Å². The van der Waals surface area contributed by atoms with Gasteiger partial charge in [0.1, 0.15) is 12.4 Å². The second-order valence-electron chi connectivity index (χ2n) is 9.30. The summed E-state index contributed by atoms with van der Waals surface area (Å²) in [6, 6.07) is 7.26. The van der Waals surface area contributed by atoms with Gasteiger partial charge in [0.05, 0.1) is 27.8 Å². The summed E-state index contributed by atoms with van der Waals surface area (Å²) in [5.41, 5.74) is -1.98. The molecular formula is C28H20F6N4O4. The number of nitrogens with zero attached hydrogens (tertiary/aromatic N) is 3. The van der Waals surface area contributed by atoms with Gasteiger partial charge in [-0.2, -0.15) is 13.2 Å². The van der Waals surface area contributed by atoms with Crippen LogP contribution in [0.2, 0.25) is 0 Å². The van der Waals surface area contributed by atoms with Gasteiger partial charge >= 0.3 is 12.3 Å². The maximum absolute atomic E-state index is 14.6. The molecular weight excluding hydrogens is 570 g/mol. The molecule has 0 spiro atoms. The zero-order chi connectivity index (χ0) is 30.5. The van der Waals surface area contributed by atoms with Gasteiger partial charge in [-0.25, -0.2) is 22.9 Å². The molecule has 0 saturated heterocycles. The molecule has 8 nitrogen and oxygen atoms in total. The topological polar surface area (TPSA) is 97.9 Å². The lowest BCUT2D eigenvalue weighted by molar-refractivity contribution is -0.137. The van der Waals surface area contributed by atoms with Crippen LogP contribution in [0.4, 0.5) is 31.1 Å². The Morgan fingerprint density at radius 3 is 2.36 bits per heavy atom. The molecule has 0 aliphatic rings. The Hall–Kier alpha value is -4.85. The van der Waals surface area contributed by atoms with Gasteiger partial charge in [-0.1, -0.05) is 6.07 Å². The molecule has 3 heterocycles. The summed E-state index contributed by atoms with van der Waals surface area (Å²) in [6.07, 6.45) is -5.03. The van der Waals surface area contributed by atoms with Gasteiger partial charge in [0.2, 0.25) is 5.78 Å². The first-order valence-corrected chi connectivity index (χ1v) is 12.2. The van der Waals surface area contributed by atoms with Crippen molar-refractivity contribution in [1.29, 1.82) is 0 Å². The third-order valence-electron chi connectivity index (χ3n) is 6.81. The molecule has 0 aliphatic heterocycles. The number of hydrogen-bond acceptors (Lipinski definition) is 4. The molecule has 0 bridgehead atoms. The van der Waals surface area contributed by atoms with Crippen molar-refractivity contribution in [3.8, 4) is 11.1 Å². The third kappa shape index (κ3) is 4.83. The van der Waals surface area contributed by atoms with Crippen LogP contribution in [-0.4, -0.2) is 38.0 Å². The van der Waals surface area contributed by atoms with Crippen molar-refractivity contribution < 1.29 is 45.8 Å². The van der Waals surface area contributed by atoms with E-state index in [0.717, 1.165) is 6.07 Å². The van der Waals surface area contributed by atoms with Crippen LogP contribution in [0.25, 0.3) is 27.7 Å². The van der Waals surface area contributed by atoms with Crippen molar-refractivity contribution in [2.45, 2.75) is 19.3 Å². The van der Waals surface area contributed by atoms with Crippen molar-refractivity contribution >= 4 is 28.4 Å². The average Bonchev–Trinajstić information content (AvgIpc) is 3.50. The number of imidazole rings is 1. The molecule has 0 aliphatic carbocycles. The van der Waals surface area contributed by atoms with E-state index in [0.29, 0.717) is 18.0 Å². The monoisotopic (exact) mass is 590 g/mol. The minimum Gasteiger partial charge on any atom is -0.465 e. The van der Waals surface area contributed by atoms with Gasteiger partial charge < -0.3 is 24.1 Å². The molecule has 5 aromatic rings. The molecule has 0 unspecified atom stereocenters. The third-order valence-corrected chi connectivity index (χ3v) is 6.81. The van der Waals surface area contributed by atoms with E-state index in [1.54, 1.807) is 0 Å². The van der Waals surface area contributed by atoms with Crippen molar-refractivity contribution in [2.24, 2.45) is 7.05 Å². The summed E-state index contributed by atoms with van der Waals surface area (Å²) >= 11 is 0. The molecule has 42 heavy (non-hydrogen) atoms. The molecule has 0 atom stereocenters. The van der Waals surface area contributed by atoms with E-state index in [9.17, 15) is 41.0 Å². The van der Waals surface area contributed by atoms with Crippen molar-refractivity contribution in [3.63, 3.8) is 0 Å². The van der Waals surface area contributed by atoms with Crippen LogP contribution in [0.1, 0.15) is 33.0 Å². The van der Waals surface area contributed by atoms with Crippen LogP contribution in [0.15, 0.2) is 48.7 Å². The lowest BCUT2D eigenvalue weighted by Gasteiger charge is -2.19. The predicted molar refractivity (Wildman–Crippen MR) is 137 cm³/mol. The minimum atomic E-state index is -4.91. The van der Waals surface area contributed by atoms with Gasteiger partial charge in [-0.15, -0.1) is 0 Å². The van der Waals surface area contributed by atoms with E-state index in [-0.39, 0.29) is 45.5 Å². The molecule has 3 aromatic heterocycles. The molecule has 2 aromatic carbocycles. The number of rotatable bonds is 7. The number of aryl methyl sites for hydroxylation is 1. The van der Waals surface area contributed by atoms with E-state index >= 15 is 0 Å². The number of methoxy groups -OCH3 is 1. The normalized spacial score (nSPS) is 11.9. The molecule has 2 N–H and O–H groups in total.